The van der Waals surface area contributed by atoms with Crippen LogP contribution in [0.5, 0.6) is 0 Å². The van der Waals surface area contributed by atoms with Crippen LogP contribution in [0.3, 0.4) is 0 Å². The molecule has 6 nitrogen and oxygen atoms in total. The summed E-state index contributed by atoms with van der Waals surface area (Å²) in [5.41, 5.74) is 0. The third kappa shape index (κ3) is 3.32. The van der Waals surface area contributed by atoms with Crippen LogP contribution in [0.4, 0.5) is 5.95 Å². The molecule has 0 unspecified atom stereocenters. The number of nitrogens with one attached hydrogen (secondary N) is 1. The van der Waals surface area contributed by atoms with Gasteiger partial charge in [-0.25, -0.2) is 9.97 Å². The van der Waals surface area contributed by atoms with Gasteiger partial charge in [-0.1, -0.05) is 0 Å². The smallest absolute Gasteiger partial charge is 0.225 e. The molecule has 2 saturated heterocycles. The minimum Gasteiger partial charge on any atom is -0.378 e. The van der Waals surface area contributed by atoms with Gasteiger partial charge in [0.25, 0.3) is 0 Å². The Morgan fingerprint density at radius 2 is 2.09 bits per heavy atom. The summed E-state index contributed by atoms with van der Waals surface area (Å²) in [5, 5.41) is 3.16. The molecule has 0 spiro atoms. The molecule has 1 aromatic rings. The molecule has 1 N–H and O–H groups in total. The van der Waals surface area contributed by atoms with E-state index in [0.717, 1.165) is 44.3 Å². The maximum Gasteiger partial charge on any atom is 0.225 e. The van der Waals surface area contributed by atoms with E-state index in [2.05, 4.69) is 20.2 Å². The fourth-order valence-electron chi connectivity index (χ4n) is 3.77. The van der Waals surface area contributed by atoms with E-state index in [1.165, 1.54) is 12.8 Å². The molecule has 0 bridgehead atoms. The SMILES string of the molecule is O=C(NCC1CC1)[C@@H]1CCO[C@@H]2CCN(c3ncccn3)C[C@@H]21. The van der Waals surface area contributed by atoms with Gasteiger partial charge >= 0.3 is 0 Å². The highest BCUT2D eigenvalue weighted by atomic mass is 16.5. The van der Waals surface area contributed by atoms with Crippen molar-refractivity contribution in [2.45, 2.75) is 31.8 Å². The fraction of sp³-hybridized carbons (Fsp3) is 0.706. The van der Waals surface area contributed by atoms with E-state index >= 15 is 0 Å². The first-order valence-corrected chi connectivity index (χ1v) is 8.72. The van der Waals surface area contributed by atoms with Crippen LogP contribution in [0.25, 0.3) is 0 Å². The normalized spacial score (nSPS) is 30.6. The Bertz CT molecular complexity index is 549. The van der Waals surface area contributed by atoms with Crippen molar-refractivity contribution in [1.82, 2.24) is 15.3 Å². The number of ether oxygens (including phenoxy) is 1. The van der Waals surface area contributed by atoms with Gasteiger partial charge in [0, 0.05) is 50.5 Å². The summed E-state index contributed by atoms with van der Waals surface area (Å²) in [6.45, 7) is 3.24. The van der Waals surface area contributed by atoms with Crippen molar-refractivity contribution >= 4 is 11.9 Å². The van der Waals surface area contributed by atoms with E-state index in [1.807, 2.05) is 6.07 Å². The number of anilines is 1. The number of amides is 1. The van der Waals surface area contributed by atoms with Crippen molar-refractivity contribution in [3.63, 3.8) is 0 Å². The lowest BCUT2D eigenvalue weighted by molar-refractivity contribution is -0.137. The van der Waals surface area contributed by atoms with Crippen molar-refractivity contribution in [3.05, 3.63) is 18.5 Å². The standard InChI is InChI=1S/C17H24N4O2/c22-16(20-10-12-2-3-12)13-5-9-23-15-4-8-21(11-14(13)15)17-18-6-1-7-19-17/h1,6-7,12-15H,2-5,8-11H2,(H,20,22)/t13-,14-,15-/m1/s1. The van der Waals surface area contributed by atoms with Crippen LogP contribution in [-0.4, -0.2) is 48.2 Å². The molecule has 3 heterocycles. The molecule has 1 saturated carbocycles. The second-order valence-corrected chi connectivity index (χ2v) is 6.94. The third-order valence-corrected chi connectivity index (χ3v) is 5.30. The Morgan fingerprint density at radius 3 is 2.87 bits per heavy atom. The molecule has 4 rings (SSSR count). The van der Waals surface area contributed by atoms with Crippen LogP contribution in [0, 0.1) is 17.8 Å². The van der Waals surface area contributed by atoms with Crippen molar-refractivity contribution in [1.29, 1.82) is 0 Å². The molecule has 23 heavy (non-hydrogen) atoms. The minimum absolute atomic E-state index is 0.0546. The zero-order valence-electron chi connectivity index (χ0n) is 13.4. The quantitative estimate of drug-likeness (QED) is 0.905. The van der Waals surface area contributed by atoms with Crippen molar-refractivity contribution in [3.8, 4) is 0 Å². The number of carbonyl (C=O) groups excluding carboxylic acids is 1. The number of aromatic nitrogens is 2. The van der Waals surface area contributed by atoms with E-state index in [-0.39, 0.29) is 23.8 Å². The molecule has 6 heteroatoms. The number of nitrogens with zero attached hydrogens (tertiary/aromatic N) is 3. The zero-order valence-corrected chi connectivity index (χ0v) is 13.4. The van der Waals surface area contributed by atoms with E-state index < -0.39 is 0 Å². The van der Waals surface area contributed by atoms with E-state index in [0.29, 0.717) is 6.61 Å². The monoisotopic (exact) mass is 316 g/mol. The van der Waals surface area contributed by atoms with Gasteiger partial charge in [0.2, 0.25) is 11.9 Å². The Labute approximate surface area is 136 Å². The van der Waals surface area contributed by atoms with Crippen LogP contribution >= 0.6 is 0 Å². The number of carbonyl (C=O) groups is 1. The molecule has 3 fully saturated rings. The number of fused-ring (bicyclic) bond motifs is 1. The Balaban J connectivity index is 1.44. The highest BCUT2D eigenvalue weighted by Gasteiger charge is 2.42. The molecule has 1 amide bonds. The average Bonchev–Trinajstić information content (AvgIpc) is 3.44. The van der Waals surface area contributed by atoms with Gasteiger partial charge in [-0.15, -0.1) is 0 Å². The largest absolute Gasteiger partial charge is 0.378 e. The van der Waals surface area contributed by atoms with Crippen molar-refractivity contribution in [2.75, 3.05) is 31.1 Å². The Hall–Kier alpha value is -1.69. The van der Waals surface area contributed by atoms with Gasteiger partial charge in [-0.3, -0.25) is 4.79 Å². The zero-order chi connectivity index (χ0) is 15.6. The molecular weight excluding hydrogens is 292 g/mol. The molecule has 2 aliphatic heterocycles. The summed E-state index contributed by atoms with van der Waals surface area (Å²) >= 11 is 0. The van der Waals surface area contributed by atoms with Crippen LogP contribution in [0.1, 0.15) is 25.7 Å². The molecule has 0 radical (unpaired) electrons. The van der Waals surface area contributed by atoms with E-state index in [1.54, 1.807) is 12.4 Å². The van der Waals surface area contributed by atoms with Gasteiger partial charge < -0.3 is 15.0 Å². The maximum atomic E-state index is 12.6. The highest BCUT2D eigenvalue weighted by molar-refractivity contribution is 5.79. The molecule has 3 aliphatic rings. The summed E-state index contributed by atoms with van der Waals surface area (Å²) in [5.74, 6) is 1.98. The Kier molecular flexibility index (Phi) is 4.16. The maximum absolute atomic E-state index is 12.6. The van der Waals surface area contributed by atoms with Crippen LogP contribution in [0.15, 0.2) is 18.5 Å². The van der Waals surface area contributed by atoms with Crippen LogP contribution in [0.2, 0.25) is 0 Å². The van der Waals surface area contributed by atoms with Crippen molar-refractivity contribution in [2.24, 2.45) is 17.8 Å². The topological polar surface area (TPSA) is 67.3 Å². The summed E-state index contributed by atoms with van der Waals surface area (Å²) in [6, 6.07) is 1.83. The first kappa shape index (κ1) is 14.9. The molecule has 0 aromatic carbocycles. The third-order valence-electron chi connectivity index (χ3n) is 5.30. The van der Waals surface area contributed by atoms with Gasteiger partial charge in [0.1, 0.15) is 0 Å². The highest BCUT2D eigenvalue weighted by Crippen LogP contribution is 2.34. The second-order valence-electron chi connectivity index (χ2n) is 6.94. The van der Waals surface area contributed by atoms with Crippen LogP contribution < -0.4 is 10.2 Å². The number of hydrogen-bond acceptors (Lipinski definition) is 5. The first-order chi connectivity index (χ1) is 11.3. The molecule has 124 valence electrons. The molecule has 3 atom stereocenters. The lowest BCUT2D eigenvalue weighted by Gasteiger charge is -2.44. The minimum atomic E-state index is 0.0546. The molecular formula is C17H24N4O2. The van der Waals surface area contributed by atoms with E-state index in [4.69, 9.17) is 4.74 Å². The lowest BCUT2D eigenvalue weighted by Crippen LogP contribution is -2.53. The molecule has 1 aliphatic carbocycles. The number of hydrogen-bond donors (Lipinski definition) is 1. The van der Waals surface area contributed by atoms with E-state index in [9.17, 15) is 4.79 Å². The number of rotatable bonds is 4. The summed E-state index contributed by atoms with van der Waals surface area (Å²) in [6.07, 6.45) is 8.02. The lowest BCUT2D eigenvalue weighted by atomic mass is 9.79. The second kappa shape index (κ2) is 6.43. The molecule has 1 aromatic heterocycles. The summed E-state index contributed by atoms with van der Waals surface area (Å²) < 4.78 is 5.94. The van der Waals surface area contributed by atoms with Gasteiger partial charge in [0.05, 0.1) is 6.10 Å². The fourth-order valence-corrected chi connectivity index (χ4v) is 3.77. The van der Waals surface area contributed by atoms with Gasteiger partial charge in [0.15, 0.2) is 0 Å². The predicted octanol–water partition coefficient (Wildman–Crippen LogP) is 1.23. The van der Waals surface area contributed by atoms with Crippen LogP contribution in [-0.2, 0) is 9.53 Å². The van der Waals surface area contributed by atoms with Gasteiger partial charge in [-0.05, 0) is 37.7 Å². The number of piperidine rings is 1. The predicted molar refractivity (Wildman–Crippen MR) is 85.9 cm³/mol. The average molecular weight is 316 g/mol. The first-order valence-electron chi connectivity index (χ1n) is 8.72. The summed E-state index contributed by atoms with van der Waals surface area (Å²) in [7, 11) is 0. The Morgan fingerprint density at radius 1 is 1.26 bits per heavy atom. The summed E-state index contributed by atoms with van der Waals surface area (Å²) in [4.78, 5) is 23.5. The van der Waals surface area contributed by atoms with Gasteiger partial charge in [-0.2, -0.15) is 0 Å². The van der Waals surface area contributed by atoms with Crippen molar-refractivity contribution < 1.29 is 9.53 Å².